The largest absolute Gasteiger partial charge is 0.513 e. The van der Waals surface area contributed by atoms with Gasteiger partial charge >= 0.3 is 0 Å². The van der Waals surface area contributed by atoms with Gasteiger partial charge in [-0.25, -0.2) is 0 Å². The molecule has 0 rings (SSSR count). The van der Waals surface area contributed by atoms with Gasteiger partial charge in [0.1, 0.15) is 0 Å². The van der Waals surface area contributed by atoms with E-state index < -0.39 is 3.79 Å². The van der Waals surface area contributed by atoms with Gasteiger partial charge in [0.25, 0.3) is 0 Å². The Kier molecular flexibility index (Phi) is 4.50. The Morgan fingerprint density at radius 3 is 2.30 bits per heavy atom. The van der Waals surface area contributed by atoms with Gasteiger partial charge in [0.05, 0.1) is 5.76 Å². The monoisotopic (exact) mass is 202 g/mol. The fourth-order valence-electron chi connectivity index (χ4n) is 0.445. The molecule has 0 saturated carbocycles. The fraction of sp³-hybridized carbons (Fsp3) is 0.667. The molecule has 0 spiro atoms. The molecule has 1 nitrogen and oxygen atoms in total. The SMILES string of the molecule is CC(O)=CCCC(Cl)(Cl)Cl. The van der Waals surface area contributed by atoms with Crippen molar-refractivity contribution in [2.75, 3.05) is 0 Å². The smallest absolute Gasteiger partial charge is 0.190 e. The van der Waals surface area contributed by atoms with Crippen molar-refractivity contribution in [1.82, 2.24) is 0 Å². The summed E-state index contributed by atoms with van der Waals surface area (Å²) in [6.45, 7) is 1.58. The summed E-state index contributed by atoms with van der Waals surface area (Å²) in [7, 11) is 0. The van der Waals surface area contributed by atoms with Crippen molar-refractivity contribution < 1.29 is 5.11 Å². The highest BCUT2D eigenvalue weighted by Crippen LogP contribution is 2.31. The van der Waals surface area contributed by atoms with Crippen LogP contribution in [0, 0.1) is 0 Å². The van der Waals surface area contributed by atoms with Gasteiger partial charge in [0.15, 0.2) is 3.79 Å². The molecule has 0 aromatic rings. The molecule has 0 heterocycles. The van der Waals surface area contributed by atoms with Crippen molar-refractivity contribution in [3.05, 3.63) is 11.8 Å². The zero-order valence-corrected chi connectivity index (χ0v) is 7.84. The van der Waals surface area contributed by atoms with Crippen LogP contribution in [-0.2, 0) is 0 Å². The van der Waals surface area contributed by atoms with Crippen LogP contribution in [0.4, 0.5) is 0 Å². The predicted molar refractivity (Wildman–Crippen MR) is 45.9 cm³/mol. The second-order valence-electron chi connectivity index (χ2n) is 2.00. The minimum absolute atomic E-state index is 0.259. The normalized spacial score (nSPS) is 13.8. The van der Waals surface area contributed by atoms with Crippen LogP contribution in [0.5, 0.6) is 0 Å². The quantitative estimate of drug-likeness (QED) is 0.537. The minimum Gasteiger partial charge on any atom is -0.513 e. The molecule has 0 atom stereocenters. The molecule has 10 heavy (non-hydrogen) atoms. The van der Waals surface area contributed by atoms with E-state index >= 15 is 0 Å². The van der Waals surface area contributed by atoms with Crippen LogP contribution in [0.25, 0.3) is 0 Å². The molecule has 0 bridgehead atoms. The second-order valence-corrected chi connectivity index (χ2v) is 4.52. The van der Waals surface area contributed by atoms with E-state index in [-0.39, 0.29) is 5.76 Å². The topological polar surface area (TPSA) is 20.2 Å². The Bertz CT molecular complexity index is 121. The summed E-state index contributed by atoms with van der Waals surface area (Å²) >= 11 is 16.3. The molecule has 0 saturated heterocycles. The molecule has 0 aliphatic rings. The predicted octanol–water partition coefficient (Wildman–Crippen LogP) is 3.60. The van der Waals surface area contributed by atoms with E-state index in [1.807, 2.05) is 0 Å². The molecule has 1 N–H and O–H groups in total. The van der Waals surface area contributed by atoms with Crippen LogP contribution in [0.15, 0.2) is 11.8 Å². The van der Waals surface area contributed by atoms with Crippen LogP contribution in [0.2, 0.25) is 0 Å². The summed E-state index contributed by atoms with van der Waals surface area (Å²) in [4.78, 5) is 0. The third kappa shape index (κ3) is 8.41. The first-order chi connectivity index (χ1) is 4.42. The van der Waals surface area contributed by atoms with E-state index in [9.17, 15) is 0 Å². The van der Waals surface area contributed by atoms with E-state index in [2.05, 4.69) is 0 Å². The van der Waals surface area contributed by atoms with Gasteiger partial charge in [-0.15, -0.1) is 0 Å². The van der Waals surface area contributed by atoms with Crippen LogP contribution < -0.4 is 0 Å². The van der Waals surface area contributed by atoms with Crippen LogP contribution >= 0.6 is 34.8 Å². The second kappa shape index (κ2) is 4.32. The van der Waals surface area contributed by atoms with Gasteiger partial charge in [0.2, 0.25) is 0 Å². The number of rotatable bonds is 2. The Morgan fingerprint density at radius 1 is 1.50 bits per heavy atom. The molecular weight excluding hydrogens is 194 g/mol. The number of allylic oxidation sites excluding steroid dienone is 2. The molecule has 0 radical (unpaired) electrons. The van der Waals surface area contributed by atoms with E-state index in [0.717, 1.165) is 0 Å². The van der Waals surface area contributed by atoms with Gasteiger partial charge < -0.3 is 5.11 Å². The van der Waals surface area contributed by atoms with Gasteiger partial charge in [-0.3, -0.25) is 0 Å². The number of hydrogen-bond acceptors (Lipinski definition) is 1. The van der Waals surface area contributed by atoms with Crippen LogP contribution in [0.3, 0.4) is 0 Å². The van der Waals surface area contributed by atoms with Gasteiger partial charge in [-0.1, -0.05) is 34.8 Å². The first kappa shape index (κ1) is 10.4. The van der Waals surface area contributed by atoms with Crippen LogP contribution in [-0.4, -0.2) is 8.90 Å². The third-order valence-electron chi connectivity index (χ3n) is 0.868. The van der Waals surface area contributed by atoms with Crippen molar-refractivity contribution in [3.8, 4) is 0 Å². The first-order valence-electron chi connectivity index (χ1n) is 2.84. The Hall–Kier alpha value is 0.410. The van der Waals surface area contributed by atoms with E-state index in [1.54, 1.807) is 13.0 Å². The van der Waals surface area contributed by atoms with Crippen molar-refractivity contribution in [1.29, 1.82) is 0 Å². The van der Waals surface area contributed by atoms with Gasteiger partial charge in [0, 0.05) is 0 Å². The summed E-state index contributed by atoms with van der Waals surface area (Å²) in [6, 6.07) is 0. The summed E-state index contributed by atoms with van der Waals surface area (Å²) in [5.41, 5.74) is 0. The number of alkyl halides is 3. The summed E-state index contributed by atoms with van der Waals surface area (Å²) in [5, 5.41) is 8.68. The minimum atomic E-state index is -1.20. The van der Waals surface area contributed by atoms with Crippen molar-refractivity contribution in [3.63, 3.8) is 0 Å². The molecule has 0 aliphatic carbocycles. The van der Waals surface area contributed by atoms with Crippen LogP contribution in [0.1, 0.15) is 19.8 Å². The lowest BCUT2D eigenvalue weighted by molar-refractivity contribution is 0.411. The zero-order chi connectivity index (χ0) is 8.20. The highest BCUT2D eigenvalue weighted by Gasteiger charge is 2.17. The first-order valence-corrected chi connectivity index (χ1v) is 3.97. The van der Waals surface area contributed by atoms with E-state index in [0.29, 0.717) is 12.8 Å². The van der Waals surface area contributed by atoms with E-state index in [4.69, 9.17) is 39.9 Å². The highest BCUT2D eigenvalue weighted by molar-refractivity contribution is 6.67. The number of aliphatic hydroxyl groups excluding tert-OH is 1. The molecule has 60 valence electrons. The molecule has 0 amide bonds. The fourth-order valence-corrected chi connectivity index (χ4v) is 0.772. The lowest BCUT2D eigenvalue weighted by atomic mass is 10.3. The Morgan fingerprint density at radius 2 is 2.00 bits per heavy atom. The maximum absolute atomic E-state index is 8.68. The van der Waals surface area contributed by atoms with Crippen molar-refractivity contribution >= 4 is 34.8 Å². The van der Waals surface area contributed by atoms with Crippen molar-refractivity contribution in [2.24, 2.45) is 0 Å². The number of hydrogen-bond donors (Lipinski definition) is 1. The van der Waals surface area contributed by atoms with Gasteiger partial charge in [-0.2, -0.15) is 0 Å². The molecule has 0 unspecified atom stereocenters. The summed E-state index contributed by atoms with van der Waals surface area (Å²) in [5.74, 6) is 0.259. The summed E-state index contributed by atoms with van der Waals surface area (Å²) in [6.07, 6.45) is 2.62. The average Bonchev–Trinajstić information content (AvgIpc) is 1.59. The maximum atomic E-state index is 8.68. The third-order valence-corrected chi connectivity index (χ3v) is 1.43. The Balaban J connectivity index is 3.47. The molecular formula is C6H9Cl3O. The molecule has 0 fully saturated rings. The summed E-state index contributed by atoms with van der Waals surface area (Å²) < 4.78 is -1.20. The standard InChI is InChI=1S/C6H9Cl3O/c1-5(10)3-2-4-6(7,8)9/h3,10H,2,4H2,1H3. The zero-order valence-electron chi connectivity index (χ0n) is 5.57. The van der Waals surface area contributed by atoms with E-state index in [1.165, 1.54) is 0 Å². The van der Waals surface area contributed by atoms with Gasteiger partial charge in [-0.05, 0) is 25.8 Å². The molecule has 4 heteroatoms. The highest BCUT2D eigenvalue weighted by atomic mass is 35.6. The maximum Gasteiger partial charge on any atom is 0.190 e. The number of aliphatic hydroxyl groups is 1. The van der Waals surface area contributed by atoms with Crippen molar-refractivity contribution in [2.45, 2.75) is 23.6 Å². The molecule has 0 aromatic carbocycles. The Labute approximate surface area is 75.6 Å². The molecule has 0 aromatic heterocycles. The lowest BCUT2D eigenvalue weighted by Gasteiger charge is -2.07. The number of halogens is 3. The molecule has 0 aliphatic heterocycles. The lowest BCUT2D eigenvalue weighted by Crippen LogP contribution is -1.99. The average molecular weight is 203 g/mol.